The van der Waals surface area contributed by atoms with Gasteiger partial charge >= 0.3 is 0 Å². The minimum atomic E-state index is 0.273. The van der Waals surface area contributed by atoms with E-state index in [4.69, 9.17) is 0 Å². The van der Waals surface area contributed by atoms with E-state index in [1.165, 1.54) is 0 Å². The van der Waals surface area contributed by atoms with Crippen LogP contribution >= 0.6 is 0 Å². The van der Waals surface area contributed by atoms with Gasteiger partial charge in [0.1, 0.15) is 0 Å². The molecule has 2 heteroatoms. The van der Waals surface area contributed by atoms with Crippen LogP contribution in [0, 0.1) is 0 Å². The van der Waals surface area contributed by atoms with Crippen molar-refractivity contribution in [1.82, 2.24) is 0 Å². The Morgan fingerprint density at radius 1 is 1.09 bits per heavy atom. The molecule has 0 fully saturated rings. The van der Waals surface area contributed by atoms with E-state index < -0.39 is 0 Å². The third-order valence-corrected chi connectivity index (χ3v) is 1.16. The zero-order valence-electron chi connectivity index (χ0n) is 6.86. The van der Waals surface area contributed by atoms with Crippen LogP contribution in [0.4, 0.5) is 5.69 Å². The lowest BCUT2D eigenvalue weighted by atomic mass is 10.3. The van der Waals surface area contributed by atoms with E-state index in [9.17, 15) is 0 Å². The van der Waals surface area contributed by atoms with Crippen LogP contribution in [-0.4, -0.2) is 6.04 Å². The van der Waals surface area contributed by atoms with Crippen LogP contribution in [0.3, 0.4) is 0 Å². The van der Waals surface area contributed by atoms with Crippen molar-refractivity contribution in [1.29, 1.82) is 0 Å². The summed E-state index contributed by atoms with van der Waals surface area (Å²) in [6, 6.07) is 10.0. The van der Waals surface area contributed by atoms with Crippen molar-refractivity contribution in [3.05, 3.63) is 30.3 Å². The molecule has 0 aromatic heterocycles. The molecule has 0 aliphatic rings. The van der Waals surface area contributed by atoms with Crippen LogP contribution in [0.15, 0.2) is 40.6 Å². The first-order valence-electron chi connectivity index (χ1n) is 3.75. The highest BCUT2D eigenvalue weighted by Gasteiger charge is 1.86. The topological polar surface area (TPSA) is 24.7 Å². The van der Waals surface area contributed by atoms with Gasteiger partial charge in [-0.2, -0.15) is 10.2 Å². The molecule has 1 aromatic rings. The predicted octanol–water partition coefficient (Wildman–Crippen LogP) is 3.18. The highest BCUT2D eigenvalue weighted by Crippen LogP contribution is 2.10. The second-order valence-electron chi connectivity index (χ2n) is 2.64. The number of hydrogen-bond donors (Lipinski definition) is 0. The van der Waals surface area contributed by atoms with Crippen molar-refractivity contribution in [2.45, 2.75) is 19.9 Å². The smallest absolute Gasteiger partial charge is 0.0852 e. The Morgan fingerprint density at radius 3 is 2.27 bits per heavy atom. The summed E-state index contributed by atoms with van der Waals surface area (Å²) in [6.45, 7) is 4.01. The quantitative estimate of drug-likeness (QED) is 0.575. The Morgan fingerprint density at radius 2 is 1.73 bits per heavy atom. The van der Waals surface area contributed by atoms with Gasteiger partial charge in [-0.25, -0.2) is 0 Å². The molecule has 0 amide bonds. The second-order valence-corrected chi connectivity index (χ2v) is 2.64. The molecule has 0 aliphatic heterocycles. The first kappa shape index (κ1) is 7.92. The van der Waals surface area contributed by atoms with Gasteiger partial charge in [0.15, 0.2) is 0 Å². The van der Waals surface area contributed by atoms with Crippen LogP contribution < -0.4 is 0 Å². The molecular weight excluding hydrogens is 136 g/mol. The van der Waals surface area contributed by atoms with Crippen LogP contribution in [0.25, 0.3) is 0 Å². The molecule has 0 unspecified atom stereocenters. The Hall–Kier alpha value is -1.18. The zero-order valence-corrected chi connectivity index (χ0v) is 6.86. The Balaban J connectivity index is 2.65. The van der Waals surface area contributed by atoms with E-state index in [1.807, 2.05) is 44.2 Å². The van der Waals surface area contributed by atoms with Gasteiger partial charge in [0.25, 0.3) is 0 Å². The maximum atomic E-state index is 4.03. The lowest BCUT2D eigenvalue weighted by Gasteiger charge is -1.92. The van der Waals surface area contributed by atoms with E-state index in [-0.39, 0.29) is 6.04 Å². The molecular formula is C9H12N2. The summed E-state index contributed by atoms with van der Waals surface area (Å²) < 4.78 is 0. The molecule has 58 valence electrons. The molecule has 0 saturated carbocycles. The normalized spacial score (nSPS) is 11.2. The van der Waals surface area contributed by atoms with E-state index >= 15 is 0 Å². The van der Waals surface area contributed by atoms with Gasteiger partial charge in [-0.1, -0.05) is 18.2 Å². The standard InChI is InChI=1S/C9H12N2/c1-8(2)10-11-9-6-4-3-5-7-9/h3-8H,1-2H3/b11-10-. The molecule has 2 nitrogen and oxygen atoms in total. The molecule has 0 heterocycles. The van der Waals surface area contributed by atoms with Crippen LogP contribution in [-0.2, 0) is 0 Å². The summed E-state index contributed by atoms with van der Waals surface area (Å²) in [5.41, 5.74) is 0.918. The summed E-state index contributed by atoms with van der Waals surface area (Å²) in [4.78, 5) is 0. The largest absolute Gasteiger partial charge is 0.186 e. The highest BCUT2D eigenvalue weighted by molar-refractivity contribution is 5.34. The fraction of sp³-hybridized carbons (Fsp3) is 0.333. The zero-order chi connectivity index (χ0) is 8.10. The molecule has 0 N–H and O–H groups in total. The van der Waals surface area contributed by atoms with Gasteiger partial charge < -0.3 is 0 Å². The van der Waals surface area contributed by atoms with E-state index in [0.29, 0.717) is 0 Å². The maximum Gasteiger partial charge on any atom is 0.0852 e. The fourth-order valence-corrected chi connectivity index (χ4v) is 0.677. The summed E-state index contributed by atoms with van der Waals surface area (Å²) in [7, 11) is 0. The Labute approximate surface area is 67.0 Å². The second kappa shape index (κ2) is 3.86. The van der Waals surface area contributed by atoms with Crippen molar-refractivity contribution in [3.63, 3.8) is 0 Å². The molecule has 1 aromatic carbocycles. The molecule has 1 rings (SSSR count). The third-order valence-electron chi connectivity index (χ3n) is 1.16. The van der Waals surface area contributed by atoms with Crippen LogP contribution in [0.1, 0.15) is 13.8 Å². The first-order valence-corrected chi connectivity index (χ1v) is 3.75. The Bertz CT molecular complexity index is 227. The van der Waals surface area contributed by atoms with E-state index in [0.717, 1.165) is 5.69 Å². The minimum Gasteiger partial charge on any atom is -0.186 e. The number of rotatable bonds is 2. The van der Waals surface area contributed by atoms with Gasteiger partial charge in [0, 0.05) is 0 Å². The van der Waals surface area contributed by atoms with Gasteiger partial charge in [0.2, 0.25) is 0 Å². The summed E-state index contributed by atoms with van der Waals surface area (Å²) in [5, 5.41) is 8.05. The number of benzene rings is 1. The van der Waals surface area contributed by atoms with Gasteiger partial charge in [0.05, 0.1) is 11.7 Å². The molecule has 0 radical (unpaired) electrons. The number of nitrogens with zero attached hydrogens (tertiary/aromatic N) is 2. The molecule has 0 atom stereocenters. The van der Waals surface area contributed by atoms with Gasteiger partial charge in [-0.05, 0) is 26.0 Å². The van der Waals surface area contributed by atoms with Crippen molar-refractivity contribution in [2.75, 3.05) is 0 Å². The van der Waals surface area contributed by atoms with E-state index in [2.05, 4.69) is 10.2 Å². The summed E-state index contributed by atoms with van der Waals surface area (Å²) in [5.74, 6) is 0. The monoisotopic (exact) mass is 148 g/mol. The SMILES string of the molecule is CC(C)/N=N\c1ccccc1. The third kappa shape index (κ3) is 2.94. The molecule has 0 spiro atoms. The van der Waals surface area contributed by atoms with Crippen LogP contribution in [0.5, 0.6) is 0 Å². The maximum absolute atomic E-state index is 4.03. The Kier molecular flexibility index (Phi) is 2.78. The average Bonchev–Trinajstić information content (AvgIpc) is 2.03. The van der Waals surface area contributed by atoms with Gasteiger partial charge in [-0.3, -0.25) is 0 Å². The molecule has 0 bridgehead atoms. The van der Waals surface area contributed by atoms with Crippen molar-refractivity contribution in [3.8, 4) is 0 Å². The average molecular weight is 148 g/mol. The molecule has 0 saturated heterocycles. The summed E-state index contributed by atoms with van der Waals surface area (Å²) in [6.07, 6.45) is 0. The van der Waals surface area contributed by atoms with Gasteiger partial charge in [-0.15, -0.1) is 0 Å². The summed E-state index contributed by atoms with van der Waals surface area (Å²) >= 11 is 0. The van der Waals surface area contributed by atoms with Crippen molar-refractivity contribution < 1.29 is 0 Å². The lowest BCUT2D eigenvalue weighted by Crippen LogP contribution is -1.83. The highest BCUT2D eigenvalue weighted by atomic mass is 15.1. The fourth-order valence-electron chi connectivity index (χ4n) is 0.677. The number of hydrogen-bond acceptors (Lipinski definition) is 2. The van der Waals surface area contributed by atoms with Crippen LogP contribution in [0.2, 0.25) is 0 Å². The first-order chi connectivity index (χ1) is 5.29. The molecule has 11 heavy (non-hydrogen) atoms. The number of azo groups is 1. The minimum absolute atomic E-state index is 0.273. The molecule has 0 aliphatic carbocycles. The predicted molar refractivity (Wildman–Crippen MR) is 46.1 cm³/mol. The lowest BCUT2D eigenvalue weighted by molar-refractivity contribution is 0.779. The van der Waals surface area contributed by atoms with Crippen molar-refractivity contribution >= 4 is 5.69 Å². The van der Waals surface area contributed by atoms with Crippen molar-refractivity contribution in [2.24, 2.45) is 10.2 Å². The van der Waals surface area contributed by atoms with E-state index in [1.54, 1.807) is 0 Å².